The molecule has 0 radical (unpaired) electrons. The first-order chi connectivity index (χ1) is 12.5. The lowest BCUT2D eigenvalue weighted by Crippen LogP contribution is -2.40. The van der Waals surface area contributed by atoms with Gasteiger partial charge in [-0.1, -0.05) is 30.3 Å². The molecule has 1 fully saturated rings. The monoisotopic (exact) mass is 359 g/mol. The van der Waals surface area contributed by atoms with Gasteiger partial charge < -0.3 is 9.64 Å². The van der Waals surface area contributed by atoms with E-state index in [1.807, 2.05) is 30.3 Å². The van der Waals surface area contributed by atoms with Gasteiger partial charge in [-0.2, -0.15) is 8.78 Å². The average molecular weight is 359 g/mol. The van der Waals surface area contributed by atoms with Gasteiger partial charge in [0.15, 0.2) is 5.78 Å². The number of Topliss-reactive ketones (excluding diaryl/α,β-unsaturated/α-hetero) is 1. The number of amides is 1. The van der Waals surface area contributed by atoms with E-state index in [0.29, 0.717) is 37.1 Å². The second-order valence-electron chi connectivity index (χ2n) is 6.20. The molecule has 1 heterocycles. The predicted molar refractivity (Wildman–Crippen MR) is 92.5 cm³/mol. The van der Waals surface area contributed by atoms with Crippen LogP contribution in [-0.2, 0) is 0 Å². The Morgan fingerprint density at radius 3 is 2.12 bits per heavy atom. The van der Waals surface area contributed by atoms with Crippen LogP contribution in [0.5, 0.6) is 5.75 Å². The molecule has 1 saturated heterocycles. The minimum atomic E-state index is -2.89. The summed E-state index contributed by atoms with van der Waals surface area (Å²) >= 11 is 0. The van der Waals surface area contributed by atoms with Crippen molar-refractivity contribution in [2.75, 3.05) is 13.1 Å². The van der Waals surface area contributed by atoms with Crippen molar-refractivity contribution in [3.8, 4) is 5.75 Å². The molecule has 2 aromatic carbocycles. The quantitative estimate of drug-likeness (QED) is 0.758. The summed E-state index contributed by atoms with van der Waals surface area (Å²) in [7, 11) is 0. The van der Waals surface area contributed by atoms with Gasteiger partial charge in [0.2, 0.25) is 0 Å². The molecule has 1 amide bonds. The first-order valence-electron chi connectivity index (χ1n) is 8.48. The maximum Gasteiger partial charge on any atom is 0.387 e. The smallest absolute Gasteiger partial charge is 0.387 e. The van der Waals surface area contributed by atoms with Gasteiger partial charge in [0, 0.05) is 30.1 Å². The summed E-state index contributed by atoms with van der Waals surface area (Å²) in [5, 5.41) is 0. The maximum absolute atomic E-state index is 12.5. The highest BCUT2D eigenvalue weighted by Gasteiger charge is 2.28. The molecule has 0 aromatic heterocycles. The number of nitrogens with zero attached hydrogens (tertiary/aromatic N) is 1. The summed E-state index contributed by atoms with van der Waals surface area (Å²) in [6.45, 7) is -1.90. The zero-order chi connectivity index (χ0) is 18.5. The molecule has 1 aliphatic heterocycles. The molecule has 1 aliphatic rings. The van der Waals surface area contributed by atoms with Crippen molar-refractivity contribution in [1.82, 2.24) is 4.90 Å². The Morgan fingerprint density at radius 2 is 1.54 bits per heavy atom. The molecule has 0 aliphatic carbocycles. The summed E-state index contributed by atoms with van der Waals surface area (Å²) in [6, 6.07) is 14.8. The van der Waals surface area contributed by atoms with Crippen molar-refractivity contribution in [3.05, 3.63) is 65.7 Å². The summed E-state index contributed by atoms with van der Waals surface area (Å²) < 4.78 is 28.6. The van der Waals surface area contributed by atoms with Gasteiger partial charge in [-0.05, 0) is 37.1 Å². The number of rotatable bonds is 5. The fourth-order valence-electron chi connectivity index (χ4n) is 3.14. The SMILES string of the molecule is O=C(c1ccccc1)C1CCN(C(=O)c2ccc(OC(F)F)cc2)CC1. The molecular weight excluding hydrogens is 340 g/mol. The van der Waals surface area contributed by atoms with Crippen molar-refractivity contribution in [3.63, 3.8) is 0 Å². The van der Waals surface area contributed by atoms with Crippen molar-refractivity contribution >= 4 is 11.7 Å². The molecule has 0 atom stereocenters. The summed E-state index contributed by atoms with van der Waals surface area (Å²) in [5.74, 6) is -0.114. The van der Waals surface area contributed by atoms with Crippen LogP contribution in [0.1, 0.15) is 33.6 Å². The molecule has 2 aromatic rings. The number of likely N-dealkylation sites (tertiary alicyclic amines) is 1. The maximum atomic E-state index is 12.5. The largest absolute Gasteiger partial charge is 0.435 e. The number of ketones is 1. The van der Waals surface area contributed by atoms with Crippen LogP contribution in [0, 0.1) is 5.92 Å². The number of ether oxygens (including phenoxy) is 1. The van der Waals surface area contributed by atoms with Gasteiger partial charge >= 0.3 is 6.61 Å². The Labute approximate surface area is 150 Å². The lowest BCUT2D eigenvalue weighted by atomic mass is 9.88. The summed E-state index contributed by atoms with van der Waals surface area (Å²) in [5.41, 5.74) is 1.12. The number of halogens is 2. The molecule has 4 nitrogen and oxygen atoms in total. The third-order valence-electron chi connectivity index (χ3n) is 4.54. The van der Waals surface area contributed by atoms with E-state index in [0.717, 1.165) is 0 Å². The molecule has 0 N–H and O–H groups in total. The van der Waals surface area contributed by atoms with E-state index in [1.165, 1.54) is 24.3 Å². The van der Waals surface area contributed by atoms with Gasteiger partial charge in [0.1, 0.15) is 5.75 Å². The average Bonchev–Trinajstić information content (AvgIpc) is 2.68. The summed E-state index contributed by atoms with van der Waals surface area (Å²) in [4.78, 5) is 26.7. The first-order valence-corrected chi connectivity index (χ1v) is 8.48. The Morgan fingerprint density at radius 1 is 0.923 bits per heavy atom. The molecule has 0 unspecified atom stereocenters. The van der Waals surface area contributed by atoms with E-state index < -0.39 is 6.61 Å². The Hall–Kier alpha value is -2.76. The lowest BCUT2D eigenvalue weighted by Gasteiger charge is -2.31. The van der Waals surface area contributed by atoms with Crippen LogP contribution in [0.4, 0.5) is 8.78 Å². The van der Waals surface area contributed by atoms with Crippen molar-refractivity contribution < 1.29 is 23.1 Å². The third-order valence-corrected chi connectivity index (χ3v) is 4.54. The van der Waals surface area contributed by atoms with Crippen LogP contribution in [0.2, 0.25) is 0 Å². The zero-order valence-corrected chi connectivity index (χ0v) is 14.1. The minimum absolute atomic E-state index is 0.0173. The van der Waals surface area contributed by atoms with Crippen molar-refractivity contribution in [1.29, 1.82) is 0 Å². The van der Waals surface area contributed by atoms with E-state index in [1.54, 1.807) is 4.90 Å². The molecule has 6 heteroatoms. The number of benzene rings is 2. The standard InChI is InChI=1S/C20H19F2NO3/c21-20(22)26-17-8-6-16(7-9-17)19(25)23-12-10-15(11-13-23)18(24)14-4-2-1-3-5-14/h1-9,15,20H,10-13H2. The third kappa shape index (κ3) is 4.25. The van der Waals surface area contributed by atoms with Gasteiger partial charge in [-0.15, -0.1) is 0 Å². The fourth-order valence-corrected chi connectivity index (χ4v) is 3.14. The van der Waals surface area contributed by atoms with Crippen LogP contribution in [-0.4, -0.2) is 36.3 Å². The number of hydrogen-bond acceptors (Lipinski definition) is 3. The van der Waals surface area contributed by atoms with Gasteiger partial charge in [-0.25, -0.2) is 0 Å². The molecule has 3 rings (SSSR count). The highest BCUT2D eigenvalue weighted by molar-refractivity contribution is 5.98. The highest BCUT2D eigenvalue weighted by Crippen LogP contribution is 2.23. The minimum Gasteiger partial charge on any atom is -0.435 e. The molecule has 136 valence electrons. The van der Waals surface area contributed by atoms with Crippen LogP contribution in [0.25, 0.3) is 0 Å². The van der Waals surface area contributed by atoms with E-state index in [-0.39, 0.29) is 23.4 Å². The fraction of sp³-hybridized carbons (Fsp3) is 0.300. The van der Waals surface area contributed by atoms with Crippen LogP contribution >= 0.6 is 0 Å². The second-order valence-corrected chi connectivity index (χ2v) is 6.20. The van der Waals surface area contributed by atoms with E-state index in [9.17, 15) is 18.4 Å². The highest BCUT2D eigenvalue weighted by atomic mass is 19.3. The molecule has 0 bridgehead atoms. The number of alkyl halides is 2. The Kier molecular flexibility index (Phi) is 5.61. The Bertz CT molecular complexity index is 754. The lowest BCUT2D eigenvalue weighted by molar-refractivity contribution is -0.0498. The number of carbonyl (C=O) groups is 2. The molecule has 26 heavy (non-hydrogen) atoms. The van der Waals surface area contributed by atoms with Crippen LogP contribution < -0.4 is 4.74 Å². The first kappa shape index (κ1) is 18.0. The summed E-state index contributed by atoms with van der Waals surface area (Å²) in [6.07, 6.45) is 1.23. The van der Waals surface area contributed by atoms with Crippen LogP contribution in [0.15, 0.2) is 54.6 Å². The van der Waals surface area contributed by atoms with E-state index in [4.69, 9.17) is 0 Å². The van der Waals surface area contributed by atoms with Gasteiger partial charge in [0.25, 0.3) is 5.91 Å². The number of piperidine rings is 1. The van der Waals surface area contributed by atoms with Crippen molar-refractivity contribution in [2.45, 2.75) is 19.5 Å². The molecular formula is C20H19F2NO3. The molecule has 0 saturated carbocycles. The second kappa shape index (κ2) is 8.08. The van der Waals surface area contributed by atoms with Gasteiger partial charge in [-0.3, -0.25) is 9.59 Å². The predicted octanol–water partition coefficient (Wildman–Crippen LogP) is 4.02. The van der Waals surface area contributed by atoms with Gasteiger partial charge in [0.05, 0.1) is 0 Å². The molecule has 0 spiro atoms. The number of carbonyl (C=O) groups excluding carboxylic acids is 2. The zero-order valence-electron chi connectivity index (χ0n) is 14.1. The van der Waals surface area contributed by atoms with E-state index in [2.05, 4.69) is 4.74 Å². The van der Waals surface area contributed by atoms with Crippen molar-refractivity contribution in [2.24, 2.45) is 5.92 Å². The number of hydrogen-bond donors (Lipinski definition) is 0. The topological polar surface area (TPSA) is 46.6 Å². The Balaban J connectivity index is 1.57. The normalized spacial score (nSPS) is 15.1. The van der Waals surface area contributed by atoms with E-state index >= 15 is 0 Å². The van der Waals surface area contributed by atoms with Crippen LogP contribution in [0.3, 0.4) is 0 Å².